The Balaban J connectivity index is 2.23. The van der Waals surface area contributed by atoms with Crippen molar-refractivity contribution in [3.05, 3.63) is 57.4 Å². The smallest absolute Gasteiger partial charge is 0.140 e. The van der Waals surface area contributed by atoms with Crippen LogP contribution in [0, 0.1) is 11.6 Å². The van der Waals surface area contributed by atoms with Crippen molar-refractivity contribution < 1.29 is 0 Å². The number of aromatic nitrogens is 2. The van der Waals surface area contributed by atoms with Gasteiger partial charge in [0.15, 0.2) is 0 Å². The molecule has 0 aliphatic carbocycles. The summed E-state index contributed by atoms with van der Waals surface area (Å²) in [5, 5.41) is 4.10. The highest BCUT2D eigenvalue weighted by atomic mass is 32.1. The van der Waals surface area contributed by atoms with E-state index in [0.717, 1.165) is 28.2 Å². The Morgan fingerprint density at radius 2 is 1.89 bits per heavy atom. The number of H-pyrrole nitrogens is 1. The standard InChI is InChI=1S/C15H12N2S2/c1-10-13(11-5-3-2-4-6-11)16-14(17-15(10)18)12-7-8-19-9-12/h2-9H,1H3,(H,16,17,18). The number of hydrogen-bond donors (Lipinski definition) is 1. The first kappa shape index (κ1) is 12.3. The second-order valence-corrected chi connectivity index (χ2v) is 5.44. The molecule has 94 valence electrons. The molecule has 2 aromatic heterocycles. The third-order valence-electron chi connectivity index (χ3n) is 3.01. The van der Waals surface area contributed by atoms with E-state index in [2.05, 4.69) is 27.5 Å². The maximum absolute atomic E-state index is 5.37. The van der Waals surface area contributed by atoms with Gasteiger partial charge in [0.1, 0.15) is 10.5 Å². The van der Waals surface area contributed by atoms with Crippen molar-refractivity contribution in [1.29, 1.82) is 0 Å². The monoisotopic (exact) mass is 284 g/mol. The van der Waals surface area contributed by atoms with Crippen LogP contribution in [0.2, 0.25) is 0 Å². The minimum Gasteiger partial charge on any atom is -0.339 e. The molecule has 0 radical (unpaired) electrons. The van der Waals surface area contributed by atoms with Crippen LogP contribution < -0.4 is 0 Å². The summed E-state index contributed by atoms with van der Waals surface area (Å²) >= 11 is 7.03. The molecule has 4 heteroatoms. The summed E-state index contributed by atoms with van der Waals surface area (Å²) in [5.74, 6) is 0.829. The summed E-state index contributed by atoms with van der Waals surface area (Å²) in [6, 6.07) is 12.2. The number of rotatable bonds is 2. The highest BCUT2D eigenvalue weighted by molar-refractivity contribution is 7.71. The highest BCUT2D eigenvalue weighted by Gasteiger charge is 2.08. The average molecular weight is 284 g/mol. The van der Waals surface area contributed by atoms with Gasteiger partial charge < -0.3 is 4.98 Å². The number of benzene rings is 1. The Morgan fingerprint density at radius 1 is 1.11 bits per heavy atom. The van der Waals surface area contributed by atoms with E-state index in [1.165, 1.54) is 0 Å². The van der Waals surface area contributed by atoms with E-state index in [9.17, 15) is 0 Å². The Morgan fingerprint density at radius 3 is 2.58 bits per heavy atom. The first-order chi connectivity index (χ1) is 9.25. The summed E-state index contributed by atoms with van der Waals surface area (Å²) < 4.78 is 0.652. The van der Waals surface area contributed by atoms with Gasteiger partial charge in [0.2, 0.25) is 0 Å². The molecule has 19 heavy (non-hydrogen) atoms. The van der Waals surface area contributed by atoms with Crippen LogP contribution in [0.1, 0.15) is 5.56 Å². The first-order valence-corrected chi connectivity index (χ1v) is 7.30. The van der Waals surface area contributed by atoms with Gasteiger partial charge in [-0.15, -0.1) is 0 Å². The minimum absolute atomic E-state index is 0.652. The van der Waals surface area contributed by atoms with Crippen molar-refractivity contribution in [2.45, 2.75) is 6.92 Å². The van der Waals surface area contributed by atoms with Gasteiger partial charge in [-0.2, -0.15) is 11.3 Å². The van der Waals surface area contributed by atoms with Gasteiger partial charge in [-0.1, -0.05) is 42.5 Å². The molecular formula is C15H12N2S2. The maximum atomic E-state index is 5.37. The summed E-state index contributed by atoms with van der Waals surface area (Å²) in [4.78, 5) is 7.87. The fourth-order valence-corrected chi connectivity index (χ4v) is 2.80. The summed E-state index contributed by atoms with van der Waals surface area (Å²) in [6.07, 6.45) is 0. The number of nitrogens with zero attached hydrogens (tertiary/aromatic N) is 1. The van der Waals surface area contributed by atoms with Crippen molar-refractivity contribution in [3.63, 3.8) is 0 Å². The van der Waals surface area contributed by atoms with Crippen LogP contribution in [0.4, 0.5) is 0 Å². The van der Waals surface area contributed by atoms with Crippen molar-refractivity contribution in [3.8, 4) is 22.6 Å². The van der Waals surface area contributed by atoms with Crippen LogP contribution >= 0.6 is 23.6 Å². The molecule has 0 bridgehead atoms. The lowest BCUT2D eigenvalue weighted by molar-refractivity contribution is 1.13. The van der Waals surface area contributed by atoms with E-state index in [4.69, 9.17) is 12.2 Å². The molecule has 1 N–H and O–H groups in total. The number of aromatic amines is 1. The fourth-order valence-electron chi connectivity index (χ4n) is 1.96. The summed E-state index contributed by atoms with van der Waals surface area (Å²) in [5.41, 5.74) is 4.26. The van der Waals surface area contributed by atoms with Gasteiger partial charge in [-0.25, -0.2) is 4.98 Å². The van der Waals surface area contributed by atoms with E-state index in [1.807, 2.05) is 36.6 Å². The first-order valence-electron chi connectivity index (χ1n) is 5.94. The number of nitrogens with one attached hydrogen (secondary N) is 1. The molecule has 0 unspecified atom stereocenters. The van der Waals surface area contributed by atoms with Crippen molar-refractivity contribution in [2.75, 3.05) is 0 Å². The van der Waals surface area contributed by atoms with E-state index in [0.29, 0.717) is 4.64 Å². The van der Waals surface area contributed by atoms with Crippen LogP contribution in [0.25, 0.3) is 22.6 Å². The lowest BCUT2D eigenvalue weighted by Gasteiger charge is -2.09. The van der Waals surface area contributed by atoms with Gasteiger partial charge in [-0.3, -0.25) is 0 Å². The van der Waals surface area contributed by atoms with Gasteiger partial charge >= 0.3 is 0 Å². The molecule has 2 heterocycles. The third-order valence-corrected chi connectivity index (χ3v) is 4.09. The highest BCUT2D eigenvalue weighted by Crippen LogP contribution is 2.25. The van der Waals surface area contributed by atoms with Crippen LogP contribution in [-0.4, -0.2) is 9.97 Å². The van der Waals surface area contributed by atoms with E-state index < -0.39 is 0 Å². The predicted octanol–water partition coefficient (Wildman–Crippen LogP) is 4.84. The molecule has 0 aliphatic heterocycles. The molecule has 0 spiro atoms. The largest absolute Gasteiger partial charge is 0.339 e. The van der Waals surface area contributed by atoms with Crippen molar-refractivity contribution in [1.82, 2.24) is 9.97 Å². The molecule has 3 rings (SSSR count). The third kappa shape index (κ3) is 2.37. The van der Waals surface area contributed by atoms with Crippen molar-refractivity contribution >= 4 is 23.6 Å². The zero-order valence-corrected chi connectivity index (χ0v) is 12.0. The molecule has 0 saturated heterocycles. The lowest BCUT2D eigenvalue weighted by atomic mass is 10.1. The molecule has 1 aromatic carbocycles. The van der Waals surface area contributed by atoms with Gasteiger partial charge in [-0.05, 0) is 23.9 Å². The summed E-state index contributed by atoms with van der Waals surface area (Å²) in [6.45, 7) is 2.01. The molecule has 0 atom stereocenters. The molecule has 2 nitrogen and oxygen atoms in total. The van der Waals surface area contributed by atoms with Crippen molar-refractivity contribution in [2.24, 2.45) is 0 Å². The Bertz CT molecular complexity index is 744. The SMILES string of the molecule is Cc1c(-c2ccccc2)[nH]c(-c2ccsc2)nc1=S. The zero-order valence-electron chi connectivity index (χ0n) is 10.4. The van der Waals surface area contributed by atoms with Gasteiger partial charge in [0.05, 0.1) is 5.69 Å². The van der Waals surface area contributed by atoms with Crippen LogP contribution in [0.5, 0.6) is 0 Å². The molecule has 0 saturated carbocycles. The maximum Gasteiger partial charge on any atom is 0.140 e. The second-order valence-electron chi connectivity index (χ2n) is 4.27. The van der Waals surface area contributed by atoms with Crippen LogP contribution in [0.15, 0.2) is 47.2 Å². The molecule has 0 amide bonds. The Kier molecular flexibility index (Phi) is 3.27. The normalized spacial score (nSPS) is 10.6. The van der Waals surface area contributed by atoms with E-state index in [1.54, 1.807) is 11.3 Å². The van der Waals surface area contributed by atoms with Crippen LogP contribution in [-0.2, 0) is 0 Å². The Labute approximate surface area is 120 Å². The van der Waals surface area contributed by atoms with Gasteiger partial charge in [0.25, 0.3) is 0 Å². The second kappa shape index (κ2) is 5.07. The number of thiophene rings is 1. The van der Waals surface area contributed by atoms with Gasteiger partial charge in [0, 0.05) is 16.5 Å². The quantitative estimate of drug-likeness (QED) is 0.682. The summed E-state index contributed by atoms with van der Waals surface area (Å²) in [7, 11) is 0. The molecular weight excluding hydrogens is 272 g/mol. The topological polar surface area (TPSA) is 28.7 Å². The van der Waals surface area contributed by atoms with E-state index in [-0.39, 0.29) is 0 Å². The lowest BCUT2D eigenvalue weighted by Crippen LogP contribution is -1.96. The Hall–Kier alpha value is -1.78. The molecule has 0 fully saturated rings. The average Bonchev–Trinajstić information content (AvgIpc) is 2.97. The molecule has 0 aliphatic rings. The van der Waals surface area contributed by atoms with Crippen LogP contribution in [0.3, 0.4) is 0 Å². The fraction of sp³-hybridized carbons (Fsp3) is 0.0667. The predicted molar refractivity (Wildman–Crippen MR) is 82.9 cm³/mol. The minimum atomic E-state index is 0.652. The number of hydrogen-bond acceptors (Lipinski definition) is 3. The zero-order chi connectivity index (χ0) is 13.2. The van der Waals surface area contributed by atoms with E-state index >= 15 is 0 Å². The molecule has 3 aromatic rings.